The van der Waals surface area contributed by atoms with Crippen LogP contribution in [0.15, 0.2) is 0 Å². The molecule has 0 aliphatic heterocycles. The van der Waals surface area contributed by atoms with Crippen molar-refractivity contribution in [1.82, 2.24) is 4.90 Å². The molecule has 446 valence electrons. The van der Waals surface area contributed by atoms with Crippen LogP contribution in [-0.2, 0) is 28.6 Å². The smallest absolute Gasteiger partial charge is 0.306 e. The molecule has 0 spiro atoms. The molecule has 0 aromatic heterocycles. The summed E-state index contributed by atoms with van der Waals surface area (Å²) < 4.78 is 18.2. The quantitative estimate of drug-likeness (QED) is 0.0341. The predicted octanol–water partition coefficient (Wildman–Crippen LogP) is 20.6. The van der Waals surface area contributed by atoms with Crippen LogP contribution in [0.25, 0.3) is 0 Å². The van der Waals surface area contributed by atoms with Crippen LogP contribution in [0.4, 0.5) is 0 Å². The van der Waals surface area contributed by atoms with E-state index in [4.69, 9.17) is 14.2 Å². The summed E-state index contributed by atoms with van der Waals surface area (Å²) in [6, 6.07) is 0. The fourth-order valence-electron chi connectivity index (χ4n) is 15.7. The summed E-state index contributed by atoms with van der Waals surface area (Å²) in [4.78, 5) is 42.3. The first-order valence-electron chi connectivity index (χ1n) is 34.3. The van der Waals surface area contributed by atoms with Gasteiger partial charge in [-0.1, -0.05) is 221 Å². The Bertz CT molecular complexity index is 1310. The van der Waals surface area contributed by atoms with Crippen molar-refractivity contribution >= 4 is 17.9 Å². The Morgan fingerprint density at radius 3 is 0.974 bits per heavy atom. The molecule has 0 aromatic carbocycles. The molecule has 4 aliphatic rings. The number of rotatable bonds is 54. The molecular weight excluding hydrogens is 939 g/mol. The van der Waals surface area contributed by atoms with Gasteiger partial charge < -0.3 is 19.1 Å². The van der Waals surface area contributed by atoms with Gasteiger partial charge in [-0.05, 0) is 163 Å². The SMILES string of the molecule is CCCCCCCCCC(CCCCCCCCC)CC(=O)OCCCC12CC3CC(CCCOC(=O)CCCN(CC)CC)(C1)CC(CCCOC(=O)CC(CCCCCCCCC)CCCCCCCCC)(C3)C2. The van der Waals surface area contributed by atoms with Crippen molar-refractivity contribution in [2.45, 2.75) is 350 Å². The maximum Gasteiger partial charge on any atom is 0.306 e. The maximum absolute atomic E-state index is 13.6. The van der Waals surface area contributed by atoms with Crippen LogP contribution >= 0.6 is 0 Å². The molecule has 2 atom stereocenters. The average Bonchev–Trinajstić information content (AvgIpc) is 3.43. The van der Waals surface area contributed by atoms with Gasteiger partial charge in [-0.3, -0.25) is 14.4 Å². The molecule has 0 saturated heterocycles. The number of carbonyl (C=O) groups is 3. The van der Waals surface area contributed by atoms with Gasteiger partial charge >= 0.3 is 17.9 Å². The number of hydrogen-bond donors (Lipinski definition) is 0. The van der Waals surface area contributed by atoms with Gasteiger partial charge in [0, 0.05) is 19.3 Å². The molecule has 4 rings (SSSR count). The van der Waals surface area contributed by atoms with Crippen LogP contribution in [0, 0.1) is 34.0 Å². The molecule has 76 heavy (non-hydrogen) atoms. The van der Waals surface area contributed by atoms with Gasteiger partial charge in [0.25, 0.3) is 0 Å². The second-order valence-electron chi connectivity index (χ2n) is 26.4. The molecule has 0 amide bonds. The summed E-state index contributed by atoms with van der Waals surface area (Å²) in [6.45, 7) is 18.1. The zero-order valence-electron chi connectivity index (χ0n) is 51.8. The van der Waals surface area contributed by atoms with Crippen LogP contribution in [0.5, 0.6) is 0 Å². The third kappa shape index (κ3) is 30.8. The minimum Gasteiger partial charge on any atom is -0.466 e. The standard InChI is InChI=1S/C69H129NO6/c1-7-13-17-21-25-29-33-41-61(42-34-30-26-22-18-14-8-2)53-65(72)75-51-39-47-68-56-63-55-67(58-68,46-38-50-74-64(71)45-37-49-70(11-5)12-6)59-69(57-63,60-68)48-40-52-76-66(73)54-62(43-35-31-27-23-19-15-9-3)44-36-32-28-24-20-16-10-4/h61-63H,7-60H2,1-6H3. The fourth-order valence-corrected chi connectivity index (χ4v) is 15.7. The zero-order valence-corrected chi connectivity index (χ0v) is 51.8. The number of esters is 3. The highest BCUT2D eigenvalue weighted by Gasteiger charge is 2.62. The van der Waals surface area contributed by atoms with Gasteiger partial charge in [0.15, 0.2) is 0 Å². The summed E-state index contributed by atoms with van der Waals surface area (Å²) >= 11 is 0. The highest BCUT2D eigenvalue weighted by atomic mass is 16.5. The molecule has 0 radical (unpaired) electrons. The zero-order chi connectivity index (χ0) is 54.8. The van der Waals surface area contributed by atoms with E-state index in [9.17, 15) is 14.4 Å². The van der Waals surface area contributed by atoms with E-state index in [0.717, 1.165) is 70.5 Å². The normalized spacial score (nSPS) is 20.9. The second kappa shape index (κ2) is 43.1. The van der Waals surface area contributed by atoms with Crippen molar-refractivity contribution in [3.05, 3.63) is 0 Å². The summed E-state index contributed by atoms with van der Waals surface area (Å²) in [5.74, 6) is 1.67. The lowest BCUT2D eigenvalue weighted by atomic mass is 9.37. The second-order valence-corrected chi connectivity index (χ2v) is 26.4. The van der Waals surface area contributed by atoms with Crippen molar-refractivity contribution in [3.8, 4) is 0 Å². The first-order valence-corrected chi connectivity index (χ1v) is 34.3. The summed E-state index contributed by atoms with van der Waals surface area (Å²) in [5, 5.41) is 0. The summed E-state index contributed by atoms with van der Waals surface area (Å²) in [6.07, 6.45) is 58.1. The van der Waals surface area contributed by atoms with Crippen molar-refractivity contribution < 1.29 is 28.6 Å². The van der Waals surface area contributed by atoms with Gasteiger partial charge in [-0.2, -0.15) is 0 Å². The van der Waals surface area contributed by atoms with E-state index < -0.39 is 0 Å². The number of hydrogen-bond acceptors (Lipinski definition) is 7. The molecule has 4 fully saturated rings. The molecular formula is C69H129NO6. The van der Waals surface area contributed by atoms with Crippen molar-refractivity contribution in [1.29, 1.82) is 0 Å². The van der Waals surface area contributed by atoms with Crippen LogP contribution in [0.1, 0.15) is 350 Å². The monoisotopic (exact) mass is 1070 g/mol. The Kier molecular flexibility index (Phi) is 39.0. The Morgan fingerprint density at radius 1 is 0.382 bits per heavy atom. The highest BCUT2D eigenvalue weighted by molar-refractivity contribution is 5.70. The number of unbranched alkanes of at least 4 members (excludes halogenated alkanes) is 24. The number of carbonyl (C=O) groups excluding carboxylic acids is 3. The van der Waals surface area contributed by atoms with Gasteiger partial charge in [0.05, 0.1) is 19.8 Å². The molecule has 7 heteroatoms. The van der Waals surface area contributed by atoms with E-state index in [2.05, 4.69) is 46.4 Å². The number of ether oxygens (including phenoxy) is 3. The summed E-state index contributed by atoms with van der Waals surface area (Å²) in [5.41, 5.74) is 0.833. The minimum absolute atomic E-state index is 0.0356. The molecule has 4 aliphatic carbocycles. The molecule has 0 N–H and O–H groups in total. The van der Waals surface area contributed by atoms with Crippen molar-refractivity contribution in [2.24, 2.45) is 34.0 Å². The Hall–Kier alpha value is -1.63. The minimum atomic E-state index is -0.0430. The van der Waals surface area contributed by atoms with E-state index in [1.165, 1.54) is 244 Å². The van der Waals surface area contributed by atoms with Crippen molar-refractivity contribution in [3.63, 3.8) is 0 Å². The van der Waals surface area contributed by atoms with Gasteiger partial charge in [0.1, 0.15) is 0 Å². The first-order chi connectivity index (χ1) is 37.1. The molecule has 0 aromatic rings. The van der Waals surface area contributed by atoms with Crippen molar-refractivity contribution in [2.75, 3.05) is 39.5 Å². The highest BCUT2D eigenvalue weighted by Crippen LogP contribution is 2.73. The fraction of sp³-hybridized carbons (Fsp3) is 0.957. The van der Waals surface area contributed by atoms with Crippen LogP contribution < -0.4 is 0 Å². The lowest BCUT2D eigenvalue weighted by Gasteiger charge is -2.67. The van der Waals surface area contributed by atoms with Gasteiger partial charge in [0.2, 0.25) is 0 Å². The van der Waals surface area contributed by atoms with Gasteiger partial charge in [-0.25, -0.2) is 0 Å². The molecule has 2 unspecified atom stereocenters. The lowest BCUT2D eigenvalue weighted by Crippen LogP contribution is -2.57. The summed E-state index contributed by atoms with van der Waals surface area (Å²) in [7, 11) is 0. The third-order valence-electron chi connectivity index (χ3n) is 19.3. The molecule has 4 bridgehead atoms. The Morgan fingerprint density at radius 2 is 0.671 bits per heavy atom. The Labute approximate surface area is 472 Å². The third-order valence-corrected chi connectivity index (χ3v) is 19.3. The topological polar surface area (TPSA) is 82.1 Å². The van der Waals surface area contributed by atoms with E-state index >= 15 is 0 Å². The van der Waals surface area contributed by atoms with Crippen LogP contribution in [-0.4, -0.2) is 62.3 Å². The predicted molar refractivity (Wildman–Crippen MR) is 323 cm³/mol. The van der Waals surface area contributed by atoms with E-state index in [1.807, 2.05) is 0 Å². The van der Waals surface area contributed by atoms with Crippen LogP contribution in [0.2, 0.25) is 0 Å². The van der Waals surface area contributed by atoms with Gasteiger partial charge in [-0.15, -0.1) is 0 Å². The molecule has 0 heterocycles. The van der Waals surface area contributed by atoms with E-state index in [-0.39, 0.29) is 34.2 Å². The largest absolute Gasteiger partial charge is 0.466 e. The molecule has 7 nitrogen and oxygen atoms in total. The first kappa shape index (κ1) is 68.6. The number of nitrogens with zero attached hydrogens (tertiary/aromatic N) is 1. The molecule has 4 saturated carbocycles. The Balaban J connectivity index is 1.59. The van der Waals surface area contributed by atoms with E-state index in [0.29, 0.717) is 50.9 Å². The van der Waals surface area contributed by atoms with E-state index in [1.54, 1.807) is 0 Å². The maximum atomic E-state index is 13.6. The van der Waals surface area contributed by atoms with Crippen LogP contribution in [0.3, 0.4) is 0 Å². The average molecular weight is 1070 g/mol. The lowest BCUT2D eigenvalue weighted by molar-refractivity contribution is -0.173.